The molecule has 0 fully saturated rings. The molecule has 5 aromatic rings. The fourth-order valence-electron chi connectivity index (χ4n) is 3.05. The van der Waals surface area contributed by atoms with Crippen molar-refractivity contribution in [2.45, 2.75) is 6.92 Å². The first-order valence-corrected chi connectivity index (χ1v) is 9.98. The standard InChI is InChI=1S/C20H14N4S2/c1-12-8-25-9-16(12)13-2-4-17-15(6-13)20(22-10-21-17)24-14-3-5-19-18(7-14)23-11-26-19/h2-11H,1H3,(H,21,22,24). The highest BCUT2D eigenvalue weighted by Crippen LogP contribution is 2.32. The molecule has 3 heterocycles. The van der Waals surface area contributed by atoms with Crippen molar-refractivity contribution in [2.75, 3.05) is 5.32 Å². The van der Waals surface area contributed by atoms with E-state index in [1.165, 1.54) is 21.4 Å². The van der Waals surface area contributed by atoms with Crippen LogP contribution >= 0.6 is 22.7 Å². The molecule has 4 nitrogen and oxygen atoms in total. The highest BCUT2D eigenvalue weighted by Gasteiger charge is 2.09. The number of aromatic nitrogens is 3. The number of aryl methyl sites for hydroxylation is 1. The smallest absolute Gasteiger partial charge is 0.141 e. The summed E-state index contributed by atoms with van der Waals surface area (Å²) in [6, 6.07) is 12.5. The number of benzene rings is 2. The molecule has 0 saturated heterocycles. The molecule has 0 radical (unpaired) electrons. The third kappa shape index (κ3) is 2.64. The number of nitrogens with zero attached hydrogens (tertiary/aromatic N) is 3. The molecule has 5 rings (SSSR count). The molecule has 2 aromatic carbocycles. The molecule has 3 aromatic heterocycles. The number of fused-ring (bicyclic) bond motifs is 2. The highest BCUT2D eigenvalue weighted by atomic mass is 32.1. The first kappa shape index (κ1) is 15.4. The van der Waals surface area contributed by atoms with Crippen LogP contribution < -0.4 is 5.32 Å². The maximum Gasteiger partial charge on any atom is 0.141 e. The number of hydrogen-bond acceptors (Lipinski definition) is 6. The Morgan fingerprint density at radius 2 is 1.88 bits per heavy atom. The van der Waals surface area contributed by atoms with Crippen molar-refractivity contribution >= 4 is 55.3 Å². The summed E-state index contributed by atoms with van der Waals surface area (Å²) < 4.78 is 1.18. The largest absolute Gasteiger partial charge is 0.340 e. The van der Waals surface area contributed by atoms with Gasteiger partial charge in [-0.25, -0.2) is 15.0 Å². The van der Waals surface area contributed by atoms with Crippen LogP contribution in [0.4, 0.5) is 11.5 Å². The van der Waals surface area contributed by atoms with Crippen molar-refractivity contribution < 1.29 is 0 Å². The zero-order valence-electron chi connectivity index (χ0n) is 13.9. The lowest BCUT2D eigenvalue weighted by Crippen LogP contribution is -1.96. The summed E-state index contributed by atoms with van der Waals surface area (Å²) in [5.74, 6) is 0.805. The van der Waals surface area contributed by atoms with Gasteiger partial charge in [0, 0.05) is 11.1 Å². The molecule has 0 unspecified atom stereocenters. The monoisotopic (exact) mass is 374 g/mol. The van der Waals surface area contributed by atoms with E-state index in [4.69, 9.17) is 0 Å². The van der Waals surface area contributed by atoms with Crippen LogP contribution in [0.3, 0.4) is 0 Å². The zero-order valence-corrected chi connectivity index (χ0v) is 15.6. The summed E-state index contributed by atoms with van der Waals surface area (Å²) in [6.07, 6.45) is 1.60. The van der Waals surface area contributed by atoms with Crippen LogP contribution in [0.15, 0.2) is 59.0 Å². The zero-order chi connectivity index (χ0) is 17.5. The number of rotatable bonds is 3. The lowest BCUT2D eigenvalue weighted by Gasteiger charge is -2.10. The Kier molecular flexibility index (Phi) is 3.65. The second-order valence-electron chi connectivity index (χ2n) is 6.08. The number of thiazole rings is 1. The average Bonchev–Trinajstić information content (AvgIpc) is 3.30. The number of nitrogens with one attached hydrogen (secondary N) is 1. The Bertz CT molecular complexity index is 1240. The van der Waals surface area contributed by atoms with Gasteiger partial charge in [-0.2, -0.15) is 11.3 Å². The van der Waals surface area contributed by atoms with E-state index in [0.29, 0.717) is 0 Å². The minimum Gasteiger partial charge on any atom is -0.340 e. The van der Waals surface area contributed by atoms with Gasteiger partial charge < -0.3 is 5.32 Å². The van der Waals surface area contributed by atoms with Gasteiger partial charge in [0.2, 0.25) is 0 Å². The second kappa shape index (κ2) is 6.16. The molecule has 1 N–H and O–H groups in total. The second-order valence-corrected chi connectivity index (χ2v) is 7.71. The van der Waals surface area contributed by atoms with E-state index in [0.717, 1.165) is 27.9 Å². The van der Waals surface area contributed by atoms with Gasteiger partial charge in [-0.1, -0.05) is 6.07 Å². The number of thiophene rings is 1. The normalized spacial score (nSPS) is 11.3. The maximum atomic E-state index is 4.48. The molecule has 0 aliphatic rings. The SMILES string of the molecule is Cc1cscc1-c1ccc2ncnc(Nc3ccc4scnc4c3)c2c1. The molecule has 0 aliphatic heterocycles. The van der Waals surface area contributed by atoms with Crippen LogP contribution in [0.25, 0.3) is 32.2 Å². The molecule has 0 spiro atoms. The van der Waals surface area contributed by atoms with E-state index in [2.05, 4.69) is 68.3 Å². The van der Waals surface area contributed by atoms with Crippen LogP contribution in [0.2, 0.25) is 0 Å². The lowest BCUT2D eigenvalue weighted by molar-refractivity contribution is 1.22. The maximum absolute atomic E-state index is 4.48. The molecule has 0 atom stereocenters. The molecule has 0 aliphatic carbocycles. The van der Waals surface area contributed by atoms with E-state index in [-0.39, 0.29) is 0 Å². The van der Waals surface area contributed by atoms with E-state index in [1.807, 2.05) is 11.6 Å². The summed E-state index contributed by atoms with van der Waals surface area (Å²) >= 11 is 3.37. The third-order valence-electron chi connectivity index (χ3n) is 4.40. The Labute approximate surface area is 158 Å². The molecular formula is C20H14N4S2. The quantitative estimate of drug-likeness (QED) is 0.419. The summed E-state index contributed by atoms with van der Waals surface area (Å²) in [5, 5.41) is 8.79. The van der Waals surface area contributed by atoms with E-state index in [1.54, 1.807) is 29.0 Å². The van der Waals surface area contributed by atoms with Gasteiger partial charge in [0.1, 0.15) is 12.1 Å². The van der Waals surface area contributed by atoms with Crippen molar-refractivity contribution in [3.05, 3.63) is 64.6 Å². The highest BCUT2D eigenvalue weighted by molar-refractivity contribution is 7.16. The van der Waals surface area contributed by atoms with Gasteiger partial charge in [0.15, 0.2) is 0 Å². The predicted molar refractivity (Wildman–Crippen MR) is 110 cm³/mol. The molecular weight excluding hydrogens is 360 g/mol. The van der Waals surface area contributed by atoms with Crippen LogP contribution in [0, 0.1) is 6.92 Å². The average molecular weight is 374 g/mol. The van der Waals surface area contributed by atoms with E-state index < -0.39 is 0 Å². The number of anilines is 2. The lowest BCUT2D eigenvalue weighted by atomic mass is 10.0. The molecule has 0 bridgehead atoms. The molecule has 0 saturated carbocycles. The Morgan fingerprint density at radius 3 is 2.77 bits per heavy atom. The molecule has 126 valence electrons. The van der Waals surface area contributed by atoms with Gasteiger partial charge in [-0.15, -0.1) is 11.3 Å². The first-order chi connectivity index (χ1) is 12.8. The van der Waals surface area contributed by atoms with Gasteiger partial charge >= 0.3 is 0 Å². The fourth-order valence-corrected chi connectivity index (χ4v) is 4.57. The van der Waals surface area contributed by atoms with Crippen LogP contribution in [-0.2, 0) is 0 Å². The summed E-state index contributed by atoms with van der Waals surface area (Å²) in [5.41, 5.74) is 8.49. The Balaban J connectivity index is 1.61. The van der Waals surface area contributed by atoms with Crippen LogP contribution in [0.1, 0.15) is 5.56 Å². The van der Waals surface area contributed by atoms with Crippen molar-refractivity contribution in [2.24, 2.45) is 0 Å². The van der Waals surface area contributed by atoms with E-state index in [9.17, 15) is 0 Å². The third-order valence-corrected chi connectivity index (χ3v) is 6.07. The number of hydrogen-bond donors (Lipinski definition) is 1. The Hall–Kier alpha value is -2.83. The van der Waals surface area contributed by atoms with E-state index >= 15 is 0 Å². The minimum atomic E-state index is 0.805. The first-order valence-electron chi connectivity index (χ1n) is 8.16. The minimum absolute atomic E-state index is 0.805. The van der Waals surface area contributed by atoms with Gasteiger partial charge in [-0.3, -0.25) is 0 Å². The van der Waals surface area contributed by atoms with Crippen molar-refractivity contribution in [1.29, 1.82) is 0 Å². The van der Waals surface area contributed by atoms with Crippen molar-refractivity contribution in [3.63, 3.8) is 0 Å². The molecule has 6 heteroatoms. The van der Waals surface area contributed by atoms with Crippen LogP contribution in [0.5, 0.6) is 0 Å². The summed E-state index contributed by atoms with van der Waals surface area (Å²) in [4.78, 5) is 13.3. The van der Waals surface area contributed by atoms with Gasteiger partial charge in [-0.05, 0) is 64.7 Å². The summed E-state index contributed by atoms with van der Waals surface area (Å²) in [6.45, 7) is 2.14. The van der Waals surface area contributed by atoms with Gasteiger partial charge in [0.05, 0.1) is 21.2 Å². The summed E-state index contributed by atoms with van der Waals surface area (Å²) in [7, 11) is 0. The van der Waals surface area contributed by atoms with Crippen molar-refractivity contribution in [1.82, 2.24) is 15.0 Å². The fraction of sp³-hybridized carbons (Fsp3) is 0.0500. The predicted octanol–water partition coefficient (Wildman–Crippen LogP) is 6.02. The topological polar surface area (TPSA) is 50.7 Å². The van der Waals surface area contributed by atoms with Crippen LogP contribution in [-0.4, -0.2) is 15.0 Å². The van der Waals surface area contributed by atoms with Crippen molar-refractivity contribution in [3.8, 4) is 11.1 Å². The van der Waals surface area contributed by atoms with Gasteiger partial charge in [0.25, 0.3) is 0 Å². The molecule has 26 heavy (non-hydrogen) atoms. The Morgan fingerprint density at radius 1 is 0.923 bits per heavy atom. The molecule has 0 amide bonds.